The van der Waals surface area contributed by atoms with Crippen molar-refractivity contribution in [3.63, 3.8) is 0 Å². The van der Waals surface area contributed by atoms with Crippen molar-refractivity contribution in [1.29, 1.82) is 0 Å². The van der Waals surface area contributed by atoms with Gasteiger partial charge < -0.3 is 20.1 Å². The van der Waals surface area contributed by atoms with Crippen molar-refractivity contribution in [2.45, 2.75) is 6.92 Å². The van der Waals surface area contributed by atoms with Crippen molar-refractivity contribution in [2.24, 2.45) is 0 Å². The number of aromatic carboxylic acids is 1. The zero-order valence-corrected chi connectivity index (χ0v) is 11.5. The van der Waals surface area contributed by atoms with Gasteiger partial charge in [-0.05, 0) is 20.0 Å². The molecule has 0 atom stereocenters. The van der Waals surface area contributed by atoms with Gasteiger partial charge in [0.1, 0.15) is 0 Å². The van der Waals surface area contributed by atoms with Crippen LogP contribution >= 0.6 is 0 Å². The summed E-state index contributed by atoms with van der Waals surface area (Å²) in [6, 6.07) is 1.44. The van der Waals surface area contributed by atoms with Crippen molar-refractivity contribution in [3.8, 4) is 0 Å². The monoisotopic (exact) mass is 268 g/mol. The van der Waals surface area contributed by atoms with E-state index >= 15 is 0 Å². The Hall–Kier alpha value is -1.73. The molecule has 0 saturated carbocycles. The van der Waals surface area contributed by atoms with Crippen LogP contribution in [0.3, 0.4) is 0 Å². The normalized spacial score (nSPS) is 10.7. The van der Waals surface area contributed by atoms with Gasteiger partial charge >= 0.3 is 5.97 Å². The quantitative estimate of drug-likeness (QED) is 0.708. The van der Waals surface area contributed by atoms with Crippen LogP contribution < -0.4 is 5.32 Å². The SMILES string of the molecule is COCCN(C)CCNc1nc(C)cc(C(=O)O)n1. The molecule has 0 radical (unpaired) electrons. The molecule has 19 heavy (non-hydrogen) atoms. The second-order valence-corrected chi connectivity index (χ2v) is 4.25. The highest BCUT2D eigenvalue weighted by Crippen LogP contribution is 2.04. The Balaban J connectivity index is 2.47. The predicted molar refractivity (Wildman–Crippen MR) is 71.6 cm³/mol. The van der Waals surface area contributed by atoms with Gasteiger partial charge in [-0.15, -0.1) is 0 Å². The lowest BCUT2D eigenvalue weighted by atomic mass is 10.3. The first-order valence-corrected chi connectivity index (χ1v) is 6.03. The smallest absolute Gasteiger partial charge is 0.354 e. The van der Waals surface area contributed by atoms with E-state index in [2.05, 4.69) is 20.2 Å². The molecule has 0 spiro atoms. The van der Waals surface area contributed by atoms with Crippen LogP contribution in [0.2, 0.25) is 0 Å². The molecule has 1 rings (SSSR count). The van der Waals surface area contributed by atoms with E-state index in [1.165, 1.54) is 6.07 Å². The molecule has 2 N–H and O–H groups in total. The van der Waals surface area contributed by atoms with E-state index < -0.39 is 5.97 Å². The van der Waals surface area contributed by atoms with Crippen molar-refractivity contribution in [3.05, 3.63) is 17.5 Å². The maximum atomic E-state index is 10.9. The number of nitrogens with zero attached hydrogens (tertiary/aromatic N) is 3. The summed E-state index contributed by atoms with van der Waals surface area (Å²) >= 11 is 0. The number of aromatic nitrogens is 2. The minimum atomic E-state index is -1.05. The Labute approximate surface area is 112 Å². The predicted octanol–water partition coefficient (Wildman–Crippen LogP) is 0.473. The molecule has 0 aromatic carbocycles. The lowest BCUT2D eigenvalue weighted by Crippen LogP contribution is -2.28. The maximum Gasteiger partial charge on any atom is 0.354 e. The van der Waals surface area contributed by atoms with Crippen LogP contribution in [0.25, 0.3) is 0 Å². The second-order valence-electron chi connectivity index (χ2n) is 4.25. The van der Waals surface area contributed by atoms with Gasteiger partial charge in [-0.1, -0.05) is 0 Å². The first kappa shape index (κ1) is 15.3. The summed E-state index contributed by atoms with van der Waals surface area (Å²) in [6.07, 6.45) is 0. The molecular formula is C12H20N4O3. The number of methoxy groups -OCH3 is 1. The molecule has 1 aromatic heterocycles. The molecule has 7 heteroatoms. The fourth-order valence-electron chi connectivity index (χ4n) is 1.47. The largest absolute Gasteiger partial charge is 0.477 e. The summed E-state index contributed by atoms with van der Waals surface area (Å²) in [7, 11) is 3.65. The topological polar surface area (TPSA) is 87.6 Å². The number of anilines is 1. The third-order valence-corrected chi connectivity index (χ3v) is 2.53. The van der Waals surface area contributed by atoms with Crippen molar-refractivity contribution in [2.75, 3.05) is 45.7 Å². The number of aryl methyl sites for hydroxylation is 1. The molecular weight excluding hydrogens is 248 g/mol. The van der Waals surface area contributed by atoms with Gasteiger partial charge in [0.25, 0.3) is 0 Å². The van der Waals surface area contributed by atoms with E-state index in [4.69, 9.17) is 9.84 Å². The number of nitrogens with one attached hydrogen (secondary N) is 1. The van der Waals surface area contributed by atoms with Gasteiger partial charge in [-0.2, -0.15) is 0 Å². The Morgan fingerprint density at radius 1 is 1.47 bits per heavy atom. The van der Waals surface area contributed by atoms with Crippen molar-refractivity contribution < 1.29 is 14.6 Å². The molecule has 0 fully saturated rings. The number of carbonyl (C=O) groups is 1. The van der Waals surface area contributed by atoms with Crippen LogP contribution in [0.1, 0.15) is 16.2 Å². The Kier molecular flexibility index (Phi) is 6.17. The van der Waals surface area contributed by atoms with Gasteiger partial charge in [0.15, 0.2) is 5.69 Å². The third kappa shape index (κ3) is 5.62. The number of rotatable bonds is 8. The van der Waals surface area contributed by atoms with Gasteiger partial charge in [0.05, 0.1) is 6.61 Å². The van der Waals surface area contributed by atoms with Gasteiger partial charge in [-0.3, -0.25) is 0 Å². The first-order valence-electron chi connectivity index (χ1n) is 6.03. The number of hydrogen-bond acceptors (Lipinski definition) is 6. The lowest BCUT2D eigenvalue weighted by Gasteiger charge is -2.16. The molecule has 0 amide bonds. The van der Waals surface area contributed by atoms with E-state index in [-0.39, 0.29) is 5.69 Å². The standard InChI is InChI=1S/C12H20N4O3/c1-9-8-10(11(17)18)15-12(14-9)13-4-5-16(2)6-7-19-3/h8H,4-7H2,1-3H3,(H,17,18)(H,13,14,15). The fourth-order valence-corrected chi connectivity index (χ4v) is 1.47. The van der Waals surface area contributed by atoms with Gasteiger partial charge in [0, 0.05) is 32.4 Å². The van der Waals surface area contributed by atoms with Crippen molar-refractivity contribution in [1.82, 2.24) is 14.9 Å². The number of likely N-dealkylation sites (N-methyl/N-ethyl adjacent to an activating group) is 1. The second kappa shape index (κ2) is 7.65. The lowest BCUT2D eigenvalue weighted by molar-refractivity contribution is 0.0690. The average molecular weight is 268 g/mol. The summed E-state index contributed by atoms with van der Waals surface area (Å²) in [4.78, 5) is 21.0. The van der Waals surface area contributed by atoms with Gasteiger partial charge in [0.2, 0.25) is 5.95 Å². The third-order valence-electron chi connectivity index (χ3n) is 2.53. The highest BCUT2D eigenvalue weighted by Gasteiger charge is 2.08. The molecule has 7 nitrogen and oxygen atoms in total. The highest BCUT2D eigenvalue weighted by molar-refractivity contribution is 5.85. The van der Waals surface area contributed by atoms with Crippen LogP contribution in [0.5, 0.6) is 0 Å². The minimum absolute atomic E-state index is 0.00253. The maximum absolute atomic E-state index is 10.9. The van der Waals surface area contributed by atoms with E-state index in [0.717, 1.165) is 13.1 Å². The molecule has 0 aliphatic carbocycles. The van der Waals surface area contributed by atoms with Gasteiger partial charge in [-0.25, -0.2) is 14.8 Å². The molecule has 0 unspecified atom stereocenters. The number of carboxylic acid groups (broad SMARTS) is 1. The summed E-state index contributed by atoms with van der Waals surface area (Å²) < 4.78 is 4.98. The number of hydrogen-bond donors (Lipinski definition) is 2. The minimum Gasteiger partial charge on any atom is -0.477 e. The van der Waals surface area contributed by atoms with Crippen LogP contribution in [-0.4, -0.2) is 66.3 Å². The molecule has 0 saturated heterocycles. The number of ether oxygens (including phenoxy) is 1. The fraction of sp³-hybridized carbons (Fsp3) is 0.583. The summed E-state index contributed by atoms with van der Waals surface area (Å²) in [5.41, 5.74) is 0.630. The molecule has 106 valence electrons. The van der Waals surface area contributed by atoms with E-state index in [0.29, 0.717) is 24.8 Å². The van der Waals surface area contributed by atoms with Crippen LogP contribution in [0.15, 0.2) is 6.07 Å². The van der Waals surface area contributed by atoms with E-state index in [1.807, 2.05) is 7.05 Å². The molecule has 0 aliphatic heterocycles. The Morgan fingerprint density at radius 3 is 2.84 bits per heavy atom. The Morgan fingerprint density at radius 2 is 2.21 bits per heavy atom. The molecule has 1 aromatic rings. The molecule has 0 aliphatic rings. The van der Waals surface area contributed by atoms with Crippen LogP contribution in [-0.2, 0) is 4.74 Å². The van der Waals surface area contributed by atoms with Crippen LogP contribution in [0, 0.1) is 6.92 Å². The van der Waals surface area contributed by atoms with E-state index in [1.54, 1.807) is 14.0 Å². The summed E-state index contributed by atoms with van der Waals surface area (Å²) in [6.45, 7) is 4.70. The summed E-state index contributed by atoms with van der Waals surface area (Å²) in [5, 5.41) is 11.9. The average Bonchev–Trinajstić information content (AvgIpc) is 2.35. The van der Waals surface area contributed by atoms with Crippen LogP contribution in [0.4, 0.5) is 5.95 Å². The first-order chi connectivity index (χ1) is 9.02. The zero-order valence-electron chi connectivity index (χ0n) is 11.5. The zero-order chi connectivity index (χ0) is 14.3. The Bertz CT molecular complexity index is 425. The molecule has 1 heterocycles. The van der Waals surface area contributed by atoms with Crippen molar-refractivity contribution >= 4 is 11.9 Å². The summed E-state index contributed by atoms with van der Waals surface area (Å²) in [5.74, 6) is -0.705. The van der Waals surface area contributed by atoms with E-state index in [9.17, 15) is 4.79 Å². The molecule has 0 bridgehead atoms. The highest BCUT2D eigenvalue weighted by atomic mass is 16.5. The number of carboxylic acids is 1.